The summed E-state index contributed by atoms with van der Waals surface area (Å²) in [6, 6.07) is -0.141. The second-order valence-electron chi connectivity index (χ2n) is 4.78. The highest BCUT2D eigenvalue weighted by Crippen LogP contribution is 2.20. The molecular formula is C13H20ClN3O2. The van der Waals surface area contributed by atoms with Gasteiger partial charge in [-0.25, -0.2) is 0 Å². The Morgan fingerprint density at radius 3 is 3.21 bits per heavy atom. The molecule has 5 nitrogen and oxygen atoms in total. The van der Waals surface area contributed by atoms with E-state index in [9.17, 15) is 4.79 Å². The molecule has 0 saturated carbocycles. The molecule has 19 heavy (non-hydrogen) atoms. The quantitative estimate of drug-likeness (QED) is 0.840. The molecule has 0 amide bonds. The molecule has 0 aliphatic carbocycles. The minimum atomic E-state index is -0.141. The Balaban J connectivity index is 2.14. The van der Waals surface area contributed by atoms with Crippen LogP contribution in [0.4, 0.5) is 0 Å². The second kappa shape index (κ2) is 7.03. The van der Waals surface area contributed by atoms with Crippen molar-refractivity contribution >= 4 is 17.4 Å². The van der Waals surface area contributed by atoms with Crippen molar-refractivity contribution in [2.45, 2.75) is 38.3 Å². The second-order valence-corrected chi connectivity index (χ2v) is 5.18. The third-order valence-electron chi connectivity index (χ3n) is 3.41. The molecule has 1 atom stereocenters. The number of carbonyl (C=O) groups excluding carboxylic acids is 1. The fraction of sp³-hybridized carbons (Fsp3) is 0.692. The molecule has 1 saturated heterocycles. The van der Waals surface area contributed by atoms with Crippen LogP contribution in [-0.2, 0) is 11.3 Å². The lowest BCUT2D eigenvalue weighted by molar-refractivity contribution is 0.0926. The van der Waals surface area contributed by atoms with Gasteiger partial charge in [0.05, 0.1) is 30.4 Å². The van der Waals surface area contributed by atoms with E-state index in [4.69, 9.17) is 16.3 Å². The van der Waals surface area contributed by atoms with Crippen molar-refractivity contribution in [2.24, 2.45) is 0 Å². The average Bonchev–Trinajstić information content (AvgIpc) is 2.64. The van der Waals surface area contributed by atoms with Gasteiger partial charge in [0.15, 0.2) is 5.78 Å². The van der Waals surface area contributed by atoms with Crippen LogP contribution in [0.2, 0.25) is 5.02 Å². The van der Waals surface area contributed by atoms with E-state index < -0.39 is 0 Å². The molecule has 106 valence electrons. The molecule has 1 N–H and O–H groups in total. The first-order chi connectivity index (χ1) is 9.24. The molecule has 6 heteroatoms. The van der Waals surface area contributed by atoms with Crippen LogP contribution in [0.1, 0.15) is 36.2 Å². The highest BCUT2D eigenvalue weighted by atomic mass is 35.5. The van der Waals surface area contributed by atoms with E-state index in [0.717, 1.165) is 25.8 Å². The van der Waals surface area contributed by atoms with Crippen molar-refractivity contribution in [1.82, 2.24) is 15.1 Å². The van der Waals surface area contributed by atoms with Gasteiger partial charge in [-0.15, -0.1) is 0 Å². The van der Waals surface area contributed by atoms with Crippen molar-refractivity contribution in [1.29, 1.82) is 0 Å². The minimum Gasteiger partial charge on any atom is -0.383 e. The maximum atomic E-state index is 12.6. The Labute approximate surface area is 118 Å². The molecular weight excluding hydrogens is 266 g/mol. The van der Waals surface area contributed by atoms with Gasteiger partial charge >= 0.3 is 0 Å². The van der Waals surface area contributed by atoms with Crippen LogP contribution in [0.5, 0.6) is 0 Å². The van der Waals surface area contributed by atoms with Crippen LogP contribution in [0.15, 0.2) is 6.20 Å². The molecule has 0 bridgehead atoms. The molecule has 1 unspecified atom stereocenters. The molecule has 1 aliphatic rings. The maximum Gasteiger partial charge on any atom is 0.199 e. The zero-order valence-corrected chi connectivity index (χ0v) is 11.9. The Morgan fingerprint density at radius 2 is 2.42 bits per heavy atom. The van der Waals surface area contributed by atoms with Crippen LogP contribution in [-0.4, -0.2) is 41.9 Å². The smallest absolute Gasteiger partial charge is 0.199 e. The van der Waals surface area contributed by atoms with Gasteiger partial charge in [-0.1, -0.05) is 24.4 Å². The SMILES string of the molecule is COCCn1ncc(Cl)c1C(=O)C1CCCCCN1. The van der Waals surface area contributed by atoms with Gasteiger partial charge in [-0.05, 0) is 19.4 Å². The number of ether oxygens (including phenoxy) is 1. The van der Waals surface area contributed by atoms with E-state index in [2.05, 4.69) is 10.4 Å². The Bertz CT molecular complexity index is 426. The summed E-state index contributed by atoms with van der Waals surface area (Å²) in [5.74, 6) is 0.0421. The summed E-state index contributed by atoms with van der Waals surface area (Å²) >= 11 is 6.11. The van der Waals surface area contributed by atoms with Crippen molar-refractivity contribution in [3.05, 3.63) is 16.9 Å². The Kier molecular flexibility index (Phi) is 5.36. The summed E-state index contributed by atoms with van der Waals surface area (Å²) in [6.07, 6.45) is 5.77. The molecule has 2 heterocycles. The first-order valence-electron chi connectivity index (χ1n) is 6.72. The average molecular weight is 286 g/mol. The molecule has 0 radical (unpaired) electrons. The van der Waals surface area contributed by atoms with Gasteiger partial charge in [0.25, 0.3) is 0 Å². The predicted molar refractivity (Wildman–Crippen MR) is 73.7 cm³/mol. The summed E-state index contributed by atoms with van der Waals surface area (Å²) in [4.78, 5) is 12.6. The van der Waals surface area contributed by atoms with E-state index in [-0.39, 0.29) is 11.8 Å². The molecule has 1 aromatic rings. The number of Topliss-reactive ketones (excluding diaryl/α,β-unsaturated/α-hetero) is 1. The number of methoxy groups -OCH3 is 1. The summed E-state index contributed by atoms with van der Waals surface area (Å²) in [5, 5.41) is 7.87. The number of carbonyl (C=O) groups is 1. The highest BCUT2D eigenvalue weighted by Gasteiger charge is 2.26. The van der Waals surface area contributed by atoms with E-state index in [1.807, 2.05) is 0 Å². The van der Waals surface area contributed by atoms with Gasteiger partial charge in [0, 0.05) is 7.11 Å². The maximum absolute atomic E-state index is 12.6. The number of aromatic nitrogens is 2. The van der Waals surface area contributed by atoms with Crippen LogP contribution in [0.25, 0.3) is 0 Å². The number of hydrogen-bond donors (Lipinski definition) is 1. The number of halogens is 1. The molecule has 0 spiro atoms. The van der Waals surface area contributed by atoms with Gasteiger partial charge < -0.3 is 10.1 Å². The van der Waals surface area contributed by atoms with Crippen molar-refractivity contribution in [3.63, 3.8) is 0 Å². The van der Waals surface area contributed by atoms with Gasteiger partial charge in [-0.3, -0.25) is 9.48 Å². The fourth-order valence-corrected chi connectivity index (χ4v) is 2.61. The van der Waals surface area contributed by atoms with Gasteiger partial charge in [0.1, 0.15) is 5.69 Å². The lowest BCUT2D eigenvalue weighted by Crippen LogP contribution is -2.37. The summed E-state index contributed by atoms with van der Waals surface area (Å²) in [5.41, 5.74) is 0.498. The van der Waals surface area contributed by atoms with Crippen molar-refractivity contribution < 1.29 is 9.53 Å². The van der Waals surface area contributed by atoms with Gasteiger partial charge in [0.2, 0.25) is 0 Å². The fourth-order valence-electron chi connectivity index (χ4n) is 2.37. The van der Waals surface area contributed by atoms with E-state index in [1.165, 1.54) is 12.6 Å². The normalized spacial score (nSPS) is 20.2. The zero-order valence-electron chi connectivity index (χ0n) is 11.2. The van der Waals surface area contributed by atoms with Crippen molar-refractivity contribution in [3.8, 4) is 0 Å². The third kappa shape index (κ3) is 3.55. The minimum absolute atomic E-state index is 0.0421. The summed E-state index contributed by atoms with van der Waals surface area (Å²) < 4.78 is 6.66. The van der Waals surface area contributed by atoms with Crippen LogP contribution in [0, 0.1) is 0 Å². The Hall–Kier alpha value is -0.910. The lowest BCUT2D eigenvalue weighted by atomic mass is 10.0. The highest BCUT2D eigenvalue weighted by molar-refractivity contribution is 6.33. The largest absolute Gasteiger partial charge is 0.383 e. The van der Waals surface area contributed by atoms with Crippen molar-refractivity contribution in [2.75, 3.05) is 20.3 Å². The number of ketones is 1. The number of nitrogens with zero attached hydrogens (tertiary/aromatic N) is 2. The van der Waals surface area contributed by atoms with E-state index >= 15 is 0 Å². The number of hydrogen-bond acceptors (Lipinski definition) is 4. The number of rotatable bonds is 5. The standard InChI is InChI=1S/C13H20ClN3O2/c1-19-8-7-17-12(10(14)9-16-17)13(18)11-5-3-2-4-6-15-11/h9,11,15H,2-8H2,1H3. The topological polar surface area (TPSA) is 56.2 Å². The van der Waals surface area contributed by atoms with Gasteiger partial charge in [-0.2, -0.15) is 5.10 Å². The summed E-state index contributed by atoms with van der Waals surface area (Å²) in [6.45, 7) is 1.94. The summed E-state index contributed by atoms with van der Waals surface area (Å²) in [7, 11) is 1.62. The monoisotopic (exact) mass is 285 g/mol. The van der Waals surface area contributed by atoms with Crippen LogP contribution >= 0.6 is 11.6 Å². The Morgan fingerprint density at radius 1 is 1.58 bits per heavy atom. The third-order valence-corrected chi connectivity index (χ3v) is 3.69. The van der Waals surface area contributed by atoms with Crippen LogP contribution in [0.3, 0.4) is 0 Å². The first kappa shape index (κ1) is 14.5. The molecule has 0 aromatic carbocycles. The molecule has 1 aromatic heterocycles. The first-order valence-corrected chi connectivity index (χ1v) is 7.09. The molecule has 1 fully saturated rings. The number of nitrogens with one attached hydrogen (secondary N) is 1. The van der Waals surface area contributed by atoms with Crippen LogP contribution < -0.4 is 5.32 Å². The zero-order chi connectivity index (χ0) is 13.7. The molecule has 1 aliphatic heterocycles. The van der Waals surface area contributed by atoms with E-state index in [0.29, 0.717) is 23.9 Å². The predicted octanol–water partition coefficient (Wildman–Crippen LogP) is 1.90. The lowest BCUT2D eigenvalue weighted by Gasteiger charge is -2.15. The van der Waals surface area contributed by atoms with E-state index in [1.54, 1.807) is 11.8 Å². The molecule has 2 rings (SSSR count).